The van der Waals surface area contributed by atoms with Gasteiger partial charge in [-0.25, -0.2) is 5.43 Å². The molecule has 0 spiro atoms. The van der Waals surface area contributed by atoms with Gasteiger partial charge in [-0.1, -0.05) is 35.9 Å². The SMILES string of the molecule is CCOc1ccc(NC(=O)c2ccccc2NC(=O)C(=O)NN=Cc2cccc(Cl)c2)cc1. The van der Waals surface area contributed by atoms with Crippen LogP contribution < -0.4 is 20.8 Å². The molecule has 3 rings (SSSR count). The van der Waals surface area contributed by atoms with Crippen molar-refractivity contribution in [3.63, 3.8) is 0 Å². The minimum Gasteiger partial charge on any atom is -0.494 e. The maximum atomic E-state index is 12.7. The predicted molar refractivity (Wildman–Crippen MR) is 128 cm³/mol. The van der Waals surface area contributed by atoms with E-state index in [1.807, 2.05) is 6.92 Å². The van der Waals surface area contributed by atoms with Crippen molar-refractivity contribution in [2.24, 2.45) is 5.10 Å². The standard InChI is InChI=1S/C24H21ClN4O4/c1-2-33-19-12-10-18(11-13-19)27-22(30)20-8-3-4-9-21(20)28-23(31)24(32)29-26-15-16-6-5-7-17(25)14-16/h3-15H,2H2,1H3,(H,27,30)(H,28,31)(H,29,32). The number of nitrogens with one attached hydrogen (secondary N) is 3. The van der Waals surface area contributed by atoms with Crippen molar-refractivity contribution in [1.29, 1.82) is 0 Å². The number of hydrogen-bond donors (Lipinski definition) is 3. The van der Waals surface area contributed by atoms with Gasteiger partial charge in [0.1, 0.15) is 5.75 Å². The Morgan fingerprint density at radius 2 is 1.70 bits per heavy atom. The topological polar surface area (TPSA) is 109 Å². The van der Waals surface area contributed by atoms with Crippen molar-refractivity contribution in [2.45, 2.75) is 6.92 Å². The molecule has 9 heteroatoms. The van der Waals surface area contributed by atoms with Crippen LogP contribution in [0.5, 0.6) is 5.75 Å². The molecular weight excluding hydrogens is 444 g/mol. The van der Waals surface area contributed by atoms with Crippen molar-refractivity contribution in [2.75, 3.05) is 17.2 Å². The summed E-state index contributed by atoms with van der Waals surface area (Å²) >= 11 is 5.89. The molecular formula is C24H21ClN4O4. The summed E-state index contributed by atoms with van der Waals surface area (Å²) in [6, 6.07) is 20.0. The van der Waals surface area contributed by atoms with Gasteiger partial charge in [0, 0.05) is 10.7 Å². The van der Waals surface area contributed by atoms with Gasteiger partial charge in [-0.05, 0) is 61.0 Å². The molecule has 0 aliphatic carbocycles. The van der Waals surface area contributed by atoms with Gasteiger partial charge in [0.15, 0.2) is 0 Å². The number of carbonyl (C=O) groups excluding carboxylic acids is 3. The third kappa shape index (κ3) is 6.91. The molecule has 0 aliphatic heterocycles. The average Bonchev–Trinajstić information content (AvgIpc) is 2.81. The molecule has 0 heterocycles. The van der Waals surface area contributed by atoms with Crippen LogP contribution in [0.15, 0.2) is 77.9 Å². The lowest BCUT2D eigenvalue weighted by Crippen LogP contribution is -2.33. The van der Waals surface area contributed by atoms with E-state index >= 15 is 0 Å². The van der Waals surface area contributed by atoms with Gasteiger partial charge in [0.2, 0.25) is 0 Å². The first-order chi connectivity index (χ1) is 16.0. The van der Waals surface area contributed by atoms with E-state index in [1.54, 1.807) is 60.7 Å². The molecule has 3 aromatic rings. The second-order valence-corrected chi connectivity index (χ2v) is 7.10. The van der Waals surface area contributed by atoms with Crippen LogP contribution in [0.1, 0.15) is 22.8 Å². The molecule has 0 unspecified atom stereocenters. The molecule has 0 saturated heterocycles. The Morgan fingerprint density at radius 3 is 2.42 bits per heavy atom. The smallest absolute Gasteiger partial charge is 0.329 e. The summed E-state index contributed by atoms with van der Waals surface area (Å²) in [6.45, 7) is 2.42. The van der Waals surface area contributed by atoms with Gasteiger partial charge in [-0.15, -0.1) is 0 Å². The molecule has 3 aromatic carbocycles. The fraction of sp³-hybridized carbons (Fsp3) is 0.0833. The Balaban J connectivity index is 1.62. The number of ether oxygens (including phenoxy) is 1. The van der Waals surface area contributed by atoms with Crippen LogP contribution in [-0.2, 0) is 9.59 Å². The fourth-order valence-electron chi connectivity index (χ4n) is 2.77. The Hall–Kier alpha value is -4.17. The number of hydrazone groups is 1. The first kappa shape index (κ1) is 23.5. The number of benzene rings is 3. The number of halogens is 1. The van der Waals surface area contributed by atoms with Crippen LogP contribution in [0.3, 0.4) is 0 Å². The molecule has 0 radical (unpaired) electrons. The van der Waals surface area contributed by atoms with Crippen molar-refractivity contribution in [3.8, 4) is 5.75 Å². The third-order valence-corrected chi connectivity index (χ3v) is 4.51. The lowest BCUT2D eigenvalue weighted by molar-refractivity contribution is -0.136. The molecule has 8 nitrogen and oxygen atoms in total. The Morgan fingerprint density at radius 1 is 0.939 bits per heavy atom. The zero-order chi connectivity index (χ0) is 23.6. The van der Waals surface area contributed by atoms with E-state index in [0.29, 0.717) is 28.6 Å². The summed E-state index contributed by atoms with van der Waals surface area (Å²) in [6.07, 6.45) is 1.36. The Labute approximate surface area is 195 Å². The highest BCUT2D eigenvalue weighted by Gasteiger charge is 2.17. The molecule has 3 N–H and O–H groups in total. The van der Waals surface area contributed by atoms with Gasteiger partial charge in [0.25, 0.3) is 5.91 Å². The number of carbonyl (C=O) groups is 3. The van der Waals surface area contributed by atoms with Gasteiger partial charge in [-0.2, -0.15) is 5.10 Å². The zero-order valence-electron chi connectivity index (χ0n) is 17.7. The minimum atomic E-state index is -0.991. The molecule has 0 aliphatic rings. The summed E-state index contributed by atoms with van der Waals surface area (Å²) in [4.78, 5) is 37.1. The van der Waals surface area contributed by atoms with Gasteiger partial charge >= 0.3 is 11.8 Å². The number of anilines is 2. The molecule has 0 aromatic heterocycles. The highest BCUT2D eigenvalue weighted by atomic mass is 35.5. The van der Waals surface area contributed by atoms with Crippen LogP contribution in [0.2, 0.25) is 5.02 Å². The van der Waals surface area contributed by atoms with E-state index in [-0.39, 0.29) is 11.3 Å². The molecule has 168 valence electrons. The van der Waals surface area contributed by atoms with Crippen molar-refractivity contribution in [1.82, 2.24) is 5.43 Å². The number of para-hydroxylation sites is 1. The van der Waals surface area contributed by atoms with E-state index in [4.69, 9.17) is 16.3 Å². The highest BCUT2D eigenvalue weighted by molar-refractivity contribution is 6.40. The molecule has 0 atom stereocenters. The number of amides is 3. The van der Waals surface area contributed by atoms with Crippen molar-refractivity contribution < 1.29 is 19.1 Å². The Bertz CT molecular complexity index is 1180. The number of hydrogen-bond acceptors (Lipinski definition) is 5. The van der Waals surface area contributed by atoms with E-state index < -0.39 is 17.7 Å². The maximum absolute atomic E-state index is 12.7. The fourth-order valence-corrected chi connectivity index (χ4v) is 2.97. The molecule has 0 bridgehead atoms. The number of nitrogens with zero attached hydrogens (tertiary/aromatic N) is 1. The summed E-state index contributed by atoms with van der Waals surface area (Å²) < 4.78 is 5.38. The van der Waals surface area contributed by atoms with E-state index in [2.05, 4.69) is 21.2 Å². The summed E-state index contributed by atoms with van der Waals surface area (Å²) in [5.41, 5.74) is 3.71. The first-order valence-corrected chi connectivity index (χ1v) is 10.4. The molecule has 0 fully saturated rings. The molecule has 33 heavy (non-hydrogen) atoms. The summed E-state index contributed by atoms with van der Waals surface area (Å²) in [7, 11) is 0. The van der Waals surface area contributed by atoms with E-state index in [1.165, 1.54) is 18.3 Å². The predicted octanol–water partition coefficient (Wildman–Crippen LogP) is 4.08. The average molecular weight is 465 g/mol. The first-order valence-electron chi connectivity index (χ1n) is 9.99. The van der Waals surface area contributed by atoms with Gasteiger partial charge in [-0.3, -0.25) is 14.4 Å². The quantitative estimate of drug-likeness (QED) is 0.278. The van der Waals surface area contributed by atoms with E-state index in [9.17, 15) is 14.4 Å². The zero-order valence-corrected chi connectivity index (χ0v) is 18.4. The van der Waals surface area contributed by atoms with Crippen LogP contribution in [0.4, 0.5) is 11.4 Å². The van der Waals surface area contributed by atoms with Crippen LogP contribution in [-0.4, -0.2) is 30.5 Å². The minimum absolute atomic E-state index is 0.180. The van der Waals surface area contributed by atoms with Gasteiger partial charge < -0.3 is 15.4 Å². The monoisotopic (exact) mass is 464 g/mol. The lowest BCUT2D eigenvalue weighted by Gasteiger charge is -2.11. The Kier molecular flexibility index (Phi) is 8.15. The van der Waals surface area contributed by atoms with Crippen molar-refractivity contribution >= 4 is 46.9 Å². The van der Waals surface area contributed by atoms with Crippen LogP contribution in [0, 0.1) is 0 Å². The largest absolute Gasteiger partial charge is 0.494 e. The molecule has 3 amide bonds. The maximum Gasteiger partial charge on any atom is 0.329 e. The van der Waals surface area contributed by atoms with E-state index in [0.717, 1.165) is 0 Å². The van der Waals surface area contributed by atoms with Gasteiger partial charge in [0.05, 0.1) is 24.1 Å². The second kappa shape index (κ2) is 11.4. The highest BCUT2D eigenvalue weighted by Crippen LogP contribution is 2.19. The summed E-state index contributed by atoms with van der Waals surface area (Å²) in [5.74, 6) is -1.73. The van der Waals surface area contributed by atoms with Crippen LogP contribution in [0.25, 0.3) is 0 Å². The van der Waals surface area contributed by atoms with Crippen molar-refractivity contribution in [3.05, 3.63) is 88.9 Å². The third-order valence-electron chi connectivity index (χ3n) is 4.28. The second-order valence-electron chi connectivity index (χ2n) is 6.67. The normalized spacial score (nSPS) is 10.5. The number of rotatable bonds is 7. The molecule has 0 saturated carbocycles. The summed E-state index contributed by atoms with van der Waals surface area (Å²) in [5, 5.41) is 9.44. The lowest BCUT2D eigenvalue weighted by atomic mass is 10.1. The van der Waals surface area contributed by atoms with Crippen LogP contribution >= 0.6 is 11.6 Å².